The van der Waals surface area contributed by atoms with Crippen molar-refractivity contribution in [2.24, 2.45) is 0 Å². The molecule has 17 heavy (non-hydrogen) atoms. The first-order valence-electron chi connectivity index (χ1n) is 5.69. The van der Waals surface area contributed by atoms with E-state index in [9.17, 15) is 0 Å². The van der Waals surface area contributed by atoms with E-state index < -0.39 is 0 Å². The van der Waals surface area contributed by atoms with Crippen LogP contribution in [0.5, 0.6) is 0 Å². The van der Waals surface area contributed by atoms with Crippen LogP contribution >= 0.6 is 31.9 Å². The third-order valence-corrected chi connectivity index (χ3v) is 5.34. The molecule has 0 radical (unpaired) electrons. The summed E-state index contributed by atoms with van der Waals surface area (Å²) >= 11 is 7.62. The maximum absolute atomic E-state index is 3.81. The van der Waals surface area contributed by atoms with Crippen molar-refractivity contribution in [1.29, 1.82) is 0 Å². The molecule has 2 heteroatoms. The van der Waals surface area contributed by atoms with Crippen LogP contribution in [0.2, 0.25) is 0 Å². The van der Waals surface area contributed by atoms with Crippen molar-refractivity contribution in [2.45, 2.75) is 15.1 Å². The SMILES string of the molecule is BrC1(Br)[C@H](c2ccccc2)[C@H]1c1ccccc1. The van der Waals surface area contributed by atoms with Crippen molar-refractivity contribution in [3.8, 4) is 0 Å². The Morgan fingerprint density at radius 3 is 1.35 bits per heavy atom. The maximum atomic E-state index is 3.81. The van der Waals surface area contributed by atoms with Gasteiger partial charge in [0.05, 0.1) is 3.23 Å². The standard InChI is InChI=1S/C15H12Br2/c16-15(17)13(11-7-3-1-4-8-11)14(15)12-9-5-2-6-10-12/h1-10,13-14H/t13-,14-/m1/s1. The Labute approximate surface area is 118 Å². The molecule has 0 aromatic heterocycles. The molecule has 0 amide bonds. The van der Waals surface area contributed by atoms with Crippen LogP contribution in [-0.4, -0.2) is 3.23 Å². The van der Waals surface area contributed by atoms with Crippen LogP contribution in [0.1, 0.15) is 23.0 Å². The zero-order chi connectivity index (χ0) is 11.9. The Morgan fingerprint density at radius 1 is 0.647 bits per heavy atom. The van der Waals surface area contributed by atoms with Gasteiger partial charge in [-0.2, -0.15) is 0 Å². The van der Waals surface area contributed by atoms with Crippen LogP contribution < -0.4 is 0 Å². The van der Waals surface area contributed by atoms with E-state index in [1.165, 1.54) is 11.1 Å². The molecule has 0 nitrogen and oxygen atoms in total. The lowest BCUT2D eigenvalue weighted by molar-refractivity contribution is 1.03. The average molecular weight is 352 g/mol. The molecule has 0 unspecified atom stereocenters. The van der Waals surface area contributed by atoms with E-state index in [1.54, 1.807) is 0 Å². The van der Waals surface area contributed by atoms with E-state index in [-0.39, 0.29) is 3.23 Å². The van der Waals surface area contributed by atoms with E-state index in [0.29, 0.717) is 11.8 Å². The Bertz CT molecular complexity index is 457. The van der Waals surface area contributed by atoms with E-state index in [4.69, 9.17) is 0 Å². The van der Waals surface area contributed by atoms with Crippen LogP contribution in [-0.2, 0) is 0 Å². The molecule has 86 valence electrons. The molecular weight excluding hydrogens is 340 g/mol. The molecule has 0 N–H and O–H groups in total. The van der Waals surface area contributed by atoms with Crippen LogP contribution in [0.3, 0.4) is 0 Å². The summed E-state index contributed by atoms with van der Waals surface area (Å²) < 4.78 is 0.0166. The maximum Gasteiger partial charge on any atom is 0.0954 e. The summed E-state index contributed by atoms with van der Waals surface area (Å²) in [6.07, 6.45) is 0. The lowest BCUT2D eigenvalue weighted by atomic mass is 10.0. The van der Waals surface area contributed by atoms with Crippen molar-refractivity contribution in [3.63, 3.8) is 0 Å². The highest BCUT2D eigenvalue weighted by Gasteiger charge is 2.62. The van der Waals surface area contributed by atoms with Crippen molar-refractivity contribution < 1.29 is 0 Å². The van der Waals surface area contributed by atoms with Crippen LogP contribution in [0.15, 0.2) is 60.7 Å². The number of hydrogen-bond donors (Lipinski definition) is 0. The molecule has 2 aromatic rings. The van der Waals surface area contributed by atoms with Gasteiger partial charge in [-0.15, -0.1) is 0 Å². The Balaban J connectivity index is 1.95. The van der Waals surface area contributed by atoms with Gasteiger partial charge in [0.25, 0.3) is 0 Å². The Hall–Kier alpha value is -0.600. The summed E-state index contributed by atoms with van der Waals surface area (Å²) in [4.78, 5) is 0. The summed E-state index contributed by atoms with van der Waals surface area (Å²) in [6, 6.07) is 21.3. The van der Waals surface area contributed by atoms with Gasteiger partial charge in [-0.3, -0.25) is 0 Å². The van der Waals surface area contributed by atoms with Crippen LogP contribution in [0.4, 0.5) is 0 Å². The highest BCUT2D eigenvalue weighted by atomic mass is 79.9. The van der Waals surface area contributed by atoms with E-state index in [0.717, 1.165) is 0 Å². The first-order valence-corrected chi connectivity index (χ1v) is 7.27. The zero-order valence-electron chi connectivity index (χ0n) is 9.18. The second kappa shape index (κ2) is 4.25. The molecule has 3 rings (SSSR count). The zero-order valence-corrected chi connectivity index (χ0v) is 12.4. The minimum atomic E-state index is 0.0166. The van der Waals surface area contributed by atoms with Gasteiger partial charge < -0.3 is 0 Å². The highest BCUT2D eigenvalue weighted by Crippen LogP contribution is 2.72. The van der Waals surface area contributed by atoms with E-state index in [2.05, 4.69) is 92.5 Å². The summed E-state index contributed by atoms with van der Waals surface area (Å²) in [5.41, 5.74) is 2.77. The van der Waals surface area contributed by atoms with Gasteiger partial charge in [-0.05, 0) is 11.1 Å². The van der Waals surface area contributed by atoms with Gasteiger partial charge in [0.2, 0.25) is 0 Å². The van der Waals surface area contributed by atoms with E-state index in [1.807, 2.05) is 0 Å². The second-order valence-corrected chi connectivity index (χ2v) is 8.14. The van der Waals surface area contributed by atoms with Crippen molar-refractivity contribution >= 4 is 31.9 Å². The van der Waals surface area contributed by atoms with Crippen molar-refractivity contribution in [3.05, 3.63) is 71.8 Å². The predicted molar refractivity (Wildman–Crippen MR) is 79.0 cm³/mol. The fourth-order valence-corrected chi connectivity index (χ4v) is 4.33. The van der Waals surface area contributed by atoms with Crippen molar-refractivity contribution in [1.82, 2.24) is 0 Å². The number of rotatable bonds is 2. The molecule has 1 aliphatic rings. The van der Waals surface area contributed by atoms with Gasteiger partial charge >= 0.3 is 0 Å². The van der Waals surface area contributed by atoms with E-state index >= 15 is 0 Å². The molecule has 2 atom stereocenters. The smallest absolute Gasteiger partial charge is 0.0713 e. The first kappa shape index (κ1) is 11.5. The fourth-order valence-electron chi connectivity index (χ4n) is 2.48. The van der Waals surface area contributed by atoms with Crippen LogP contribution in [0.25, 0.3) is 0 Å². The Kier molecular flexibility index (Phi) is 2.87. The average Bonchev–Trinajstić information content (AvgIpc) is 2.94. The first-order chi connectivity index (χ1) is 8.21. The molecule has 1 fully saturated rings. The number of hydrogen-bond acceptors (Lipinski definition) is 0. The number of alkyl halides is 2. The molecule has 1 saturated carbocycles. The quantitative estimate of drug-likeness (QED) is 0.664. The molecule has 0 aliphatic heterocycles. The topological polar surface area (TPSA) is 0 Å². The van der Waals surface area contributed by atoms with Gasteiger partial charge in [0.15, 0.2) is 0 Å². The van der Waals surface area contributed by atoms with Crippen molar-refractivity contribution in [2.75, 3.05) is 0 Å². The number of benzene rings is 2. The third-order valence-electron chi connectivity index (χ3n) is 3.37. The fraction of sp³-hybridized carbons (Fsp3) is 0.200. The molecule has 1 aliphatic carbocycles. The van der Waals surface area contributed by atoms with Crippen LogP contribution in [0, 0.1) is 0 Å². The largest absolute Gasteiger partial charge is 0.0954 e. The summed E-state index contributed by atoms with van der Waals surface area (Å²) in [5, 5.41) is 0. The van der Waals surface area contributed by atoms with Gasteiger partial charge in [0, 0.05) is 11.8 Å². The monoisotopic (exact) mass is 350 g/mol. The lowest BCUT2D eigenvalue weighted by Crippen LogP contribution is -1.88. The minimum Gasteiger partial charge on any atom is -0.0713 e. The molecule has 0 bridgehead atoms. The molecule has 0 heterocycles. The number of halogens is 2. The summed E-state index contributed by atoms with van der Waals surface area (Å²) in [7, 11) is 0. The molecular formula is C15H12Br2. The third kappa shape index (κ3) is 1.98. The highest BCUT2D eigenvalue weighted by molar-refractivity contribution is 9.25. The second-order valence-electron chi connectivity index (χ2n) is 4.45. The normalized spacial score (nSPS) is 25.5. The minimum absolute atomic E-state index is 0.0166. The summed E-state index contributed by atoms with van der Waals surface area (Å²) in [6.45, 7) is 0. The summed E-state index contributed by atoms with van der Waals surface area (Å²) in [5.74, 6) is 1.01. The molecule has 2 aromatic carbocycles. The molecule has 0 spiro atoms. The van der Waals surface area contributed by atoms with Gasteiger partial charge in [-0.25, -0.2) is 0 Å². The predicted octanol–water partition coefficient (Wildman–Crippen LogP) is 5.05. The Morgan fingerprint density at radius 2 is 1.00 bits per heavy atom. The van der Waals surface area contributed by atoms with Gasteiger partial charge in [0.1, 0.15) is 0 Å². The molecule has 0 saturated heterocycles. The lowest BCUT2D eigenvalue weighted by Gasteiger charge is -1.99. The van der Waals surface area contributed by atoms with Gasteiger partial charge in [-0.1, -0.05) is 92.5 Å².